The van der Waals surface area contributed by atoms with E-state index in [9.17, 15) is 0 Å². The summed E-state index contributed by atoms with van der Waals surface area (Å²) in [7, 11) is 0. The van der Waals surface area contributed by atoms with Crippen LogP contribution < -0.4 is 0 Å². The summed E-state index contributed by atoms with van der Waals surface area (Å²) >= 11 is 9.11. The molecule has 0 spiro atoms. The van der Waals surface area contributed by atoms with Gasteiger partial charge in [0.25, 0.3) is 0 Å². The third-order valence-electron chi connectivity index (χ3n) is 4.22. The highest BCUT2D eigenvalue weighted by molar-refractivity contribution is 9.10. The highest BCUT2D eigenvalue weighted by atomic mass is 79.9. The van der Waals surface area contributed by atoms with Gasteiger partial charge in [0, 0.05) is 10.5 Å². The van der Waals surface area contributed by atoms with Crippen LogP contribution in [0.4, 0.5) is 0 Å². The maximum Gasteiger partial charge on any atom is 0.178 e. The number of imidazole rings is 1. The van der Waals surface area contributed by atoms with Crippen molar-refractivity contribution in [2.45, 2.75) is 45.6 Å². The largest absolute Gasteiger partial charge is 0.331 e. The number of nitrogens with one attached hydrogen (secondary N) is 1. The Bertz CT molecular complexity index is 668. The Morgan fingerprint density at radius 1 is 1.42 bits per heavy atom. The number of benzene rings is 1. The van der Waals surface area contributed by atoms with Gasteiger partial charge in [0.15, 0.2) is 4.77 Å². The molecule has 1 atom stereocenters. The molecule has 1 unspecified atom stereocenters. The molecule has 1 aliphatic rings. The zero-order valence-corrected chi connectivity index (χ0v) is 13.8. The summed E-state index contributed by atoms with van der Waals surface area (Å²) < 4.78 is 4.30. The van der Waals surface area contributed by atoms with E-state index in [1.54, 1.807) is 0 Å². The van der Waals surface area contributed by atoms with E-state index >= 15 is 0 Å². The Labute approximate surface area is 127 Å². The van der Waals surface area contributed by atoms with Crippen LogP contribution in [0.5, 0.6) is 0 Å². The minimum atomic E-state index is 0.424. The predicted molar refractivity (Wildman–Crippen MR) is 86.1 cm³/mol. The highest BCUT2D eigenvalue weighted by Gasteiger charge is 2.30. The lowest BCUT2D eigenvalue weighted by molar-refractivity contribution is 0.185. The van der Waals surface area contributed by atoms with Gasteiger partial charge >= 0.3 is 0 Å². The van der Waals surface area contributed by atoms with E-state index in [0.29, 0.717) is 11.5 Å². The Morgan fingerprint density at radius 3 is 2.95 bits per heavy atom. The van der Waals surface area contributed by atoms with Crippen LogP contribution in [-0.2, 0) is 0 Å². The number of rotatable bonds is 1. The van der Waals surface area contributed by atoms with Gasteiger partial charge in [-0.05, 0) is 55.1 Å². The molecule has 1 aromatic carbocycles. The molecule has 3 rings (SSSR count). The Kier molecular flexibility index (Phi) is 3.34. The van der Waals surface area contributed by atoms with Crippen molar-refractivity contribution in [3.63, 3.8) is 0 Å². The molecular formula is C15H19BrN2S. The second-order valence-corrected chi connectivity index (χ2v) is 7.68. The Balaban J connectivity index is 2.11. The van der Waals surface area contributed by atoms with Crippen LogP contribution in [-0.4, -0.2) is 9.55 Å². The van der Waals surface area contributed by atoms with Gasteiger partial charge in [0.05, 0.1) is 11.0 Å². The van der Waals surface area contributed by atoms with Crippen molar-refractivity contribution in [3.8, 4) is 0 Å². The highest BCUT2D eigenvalue weighted by Crippen LogP contribution is 2.42. The van der Waals surface area contributed by atoms with Crippen LogP contribution in [0.3, 0.4) is 0 Å². The fourth-order valence-corrected chi connectivity index (χ4v) is 4.04. The monoisotopic (exact) mass is 338 g/mol. The first-order valence-electron chi connectivity index (χ1n) is 6.86. The first kappa shape index (κ1) is 13.4. The van der Waals surface area contributed by atoms with E-state index in [1.165, 1.54) is 31.2 Å². The summed E-state index contributed by atoms with van der Waals surface area (Å²) in [5.41, 5.74) is 2.78. The Morgan fingerprint density at radius 2 is 2.21 bits per heavy atom. The SMILES string of the molecule is CC1(C)CCCC(n2c(=S)[nH]c3ccc(Br)cc32)C1. The van der Waals surface area contributed by atoms with Crippen molar-refractivity contribution in [3.05, 3.63) is 27.4 Å². The number of hydrogen-bond acceptors (Lipinski definition) is 1. The van der Waals surface area contributed by atoms with Gasteiger partial charge in [-0.15, -0.1) is 0 Å². The van der Waals surface area contributed by atoms with Crippen LogP contribution in [0.1, 0.15) is 45.6 Å². The van der Waals surface area contributed by atoms with Gasteiger partial charge in [-0.1, -0.05) is 36.2 Å². The third kappa shape index (κ3) is 2.52. The average Bonchev–Trinajstić information content (AvgIpc) is 2.63. The lowest BCUT2D eigenvalue weighted by atomic mass is 9.75. The van der Waals surface area contributed by atoms with Crippen LogP contribution >= 0.6 is 28.1 Å². The second-order valence-electron chi connectivity index (χ2n) is 6.38. The van der Waals surface area contributed by atoms with Crippen molar-refractivity contribution in [2.75, 3.05) is 0 Å². The number of aromatic nitrogens is 2. The Hall–Kier alpha value is -0.610. The standard InChI is InChI=1S/C15H19BrN2S/c1-15(2)7-3-4-11(9-15)18-13-8-10(16)5-6-12(13)17-14(18)19/h5-6,8,11H,3-4,7,9H2,1-2H3,(H,17,19). The minimum absolute atomic E-state index is 0.424. The summed E-state index contributed by atoms with van der Waals surface area (Å²) in [5, 5.41) is 0. The molecule has 19 heavy (non-hydrogen) atoms. The summed E-state index contributed by atoms with van der Waals surface area (Å²) in [6.45, 7) is 4.74. The van der Waals surface area contributed by atoms with Gasteiger partial charge < -0.3 is 9.55 Å². The van der Waals surface area contributed by atoms with E-state index in [-0.39, 0.29) is 0 Å². The van der Waals surface area contributed by atoms with E-state index in [2.05, 4.69) is 57.5 Å². The number of H-pyrrole nitrogens is 1. The number of aromatic amines is 1. The first-order valence-corrected chi connectivity index (χ1v) is 8.06. The van der Waals surface area contributed by atoms with Gasteiger partial charge in [-0.25, -0.2) is 0 Å². The van der Waals surface area contributed by atoms with E-state index in [1.807, 2.05) is 0 Å². The summed E-state index contributed by atoms with van der Waals surface area (Å²) in [6, 6.07) is 6.85. The molecule has 0 saturated heterocycles. The van der Waals surface area contributed by atoms with Gasteiger partial charge in [-0.3, -0.25) is 0 Å². The lowest BCUT2D eigenvalue weighted by Crippen LogP contribution is -2.25. The molecule has 0 aliphatic heterocycles. The summed E-state index contributed by atoms with van der Waals surface area (Å²) in [4.78, 5) is 3.34. The third-order valence-corrected chi connectivity index (χ3v) is 5.02. The summed E-state index contributed by atoms with van der Waals surface area (Å²) in [5.74, 6) is 0. The van der Waals surface area contributed by atoms with Crippen LogP contribution in [0, 0.1) is 10.2 Å². The number of fused-ring (bicyclic) bond motifs is 1. The molecular weight excluding hydrogens is 320 g/mol. The molecule has 1 aromatic heterocycles. The molecule has 0 radical (unpaired) electrons. The van der Waals surface area contributed by atoms with Crippen LogP contribution in [0.2, 0.25) is 0 Å². The van der Waals surface area contributed by atoms with E-state index in [0.717, 1.165) is 14.8 Å². The van der Waals surface area contributed by atoms with Gasteiger partial charge in [0.1, 0.15) is 0 Å². The molecule has 2 aromatic rings. The number of nitrogens with zero attached hydrogens (tertiary/aromatic N) is 1. The smallest absolute Gasteiger partial charge is 0.178 e. The lowest BCUT2D eigenvalue weighted by Gasteiger charge is -2.36. The maximum atomic E-state index is 5.54. The van der Waals surface area contributed by atoms with Crippen molar-refractivity contribution in [2.24, 2.45) is 5.41 Å². The molecule has 1 aliphatic carbocycles. The predicted octanol–water partition coefficient (Wildman–Crippen LogP) is 5.60. The minimum Gasteiger partial charge on any atom is -0.331 e. The molecule has 1 heterocycles. The molecule has 1 saturated carbocycles. The molecule has 4 heteroatoms. The van der Waals surface area contributed by atoms with Gasteiger partial charge in [-0.2, -0.15) is 0 Å². The molecule has 1 N–H and O–H groups in total. The fourth-order valence-electron chi connectivity index (χ4n) is 3.34. The molecule has 102 valence electrons. The summed E-state index contributed by atoms with van der Waals surface area (Å²) in [6.07, 6.45) is 5.06. The maximum absolute atomic E-state index is 5.54. The second kappa shape index (κ2) is 4.74. The molecule has 1 fully saturated rings. The topological polar surface area (TPSA) is 20.7 Å². The number of hydrogen-bond donors (Lipinski definition) is 1. The van der Waals surface area contributed by atoms with Gasteiger partial charge in [0.2, 0.25) is 0 Å². The average molecular weight is 339 g/mol. The molecule has 0 bridgehead atoms. The van der Waals surface area contributed by atoms with Crippen molar-refractivity contribution >= 4 is 39.2 Å². The van der Waals surface area contributed by atoms with Crippen molar-refractivity contribution < 1.29 is 0 Å². The van der Waals surface area contributed by atoms with Crippen LogP contribution in [0.25, 0.3) is 11.0 Å². The van der Waals surface area contributed by atoms with E-state index < -0.39 is 0 Å². The number of halogens is 1. The zero-order valence-electron chi connectivity index (χ0n) is 11.4. The molecule has 2 nitrogen and oxygen atoms in total. The zero-order chi connectivity index (χ0) is 13.6. The van der Waals surface area contributed by atoms with Crippen molar-refractivity contribution in [1.82, 2.24) is 9.55 Å². The first-order chi connectivity index (χ1) is 8.96. The molecule has 0 amide bonds. The quantitative estimate of drug-likeness (QED) is 0.671. The normalized spacial score (nSPS) is 22.8. The fraction of sp³-hybridized carbons (Fsp3) is 0.533. The van der Waals surface area contributed by atoms with E-state index in [4.69, 9.17) is 12.2 Å². The van der Waals surface area contributed by atoms with Crippen LogP contribution in [0.15, 0.2) is 22.7 Å². The van der Waals surface area contributed by atoms with Crippen molar-refractivity contribution in [1.29, 1.82) is 0 Å².